The molecular weight excluding hydrogens is 363 g/mol. The zero-order valence-electron chi connectivity index (χ0n) is 12.4. The number of halogens is 2. The molecule has 2 heterocycles. The molecule has 0 aliphatic carbocycles. The van der Waals surface area contributed by atoms with Crippen molar-refractivity contribution in [1.29, 1.82) is 0 Å². The molecule has 1 aromatic heterocycles. The molecular formula is C18H12Cl2N2OS. The number of fused-ring (bicyclic) bond motifs is 1. The number of carbonyl (C=O) groups excluding carboxylic acids is 1. The second kappa shape index (κ2) is 5.88. The number of aromatic nitrogens is 1. The van der Waals surface area contributed by atoms with Gasteiger partial charge < -0.3 is 4.98 Å². The summed E-state index contributed by atoms with van der Waals surface area (Å²) >= 11 is 18.1. The summed E-state index contributed by atoms with van der Waals surface area (Å²) in [6.45, 7) is 0. The van der Waals surface area contributed by atoms with Crippen LogP contribution in [-0.2, 0) is 4.79 Å². The topological polar surface area (TPSA) is 36.1 Å². The van der Waals surface area contributed by atoms with Crippen molar-refractivity contribution >= 4 is 57.9 Å². The van der Waals surface area contributed by atoms with Gasteiger partial charge in [-0.1, -0.05) is 54.2 Å². The molecule has 24 heavy (non-hydrogen) atoms. The first kappa shape index (κ1) is 15.6. The molecule has 1 aliphatic rings. The highest BCUT2D eigenvalue weighted by Crippen LogP contribution is 2.45. The van der Waals surface area contributed by atoms with Gasteiger partial charge in [0.2, 0.25) is 5.91 Å². The molecule has 1 amide bonds. The van der Waals surface area contributed by atoms with E-state index < -0.39 is 5.38 Å². The van der Waals surface area contributed by atoms with Gasteiger partial charge in [0.1, 0.15) is 10.0 Å². The maximum Gasteiger partial charge on any atom is 0.248 e. The number of aromatic amines is 1. The van der Waals surface area contributed by atoms with Crippen molar-refractivity contribution < 1.29 is 4.79 Å². The molecule has 1 N–H and O–H groups in total. The van der Waals surface area contributed by atoms with Crippen LogP contribution in [0.4, 0.5) is 5.69 Å². The van der Waals surface area contributed by atoms with E-state index in [4.69, 9.17) is 35.4 Å². The van der Waals surface area contributed by atoms with Crippen molar-refractivity contribution in [1.82, 2.24) is 4.98 Å². The lowest BCUT2D eigenvalue weighted by Crippen LogP contribution is -2.56. The average Bonchev–Trinajstić information content (AvgIpc) is 2.59. The van der Waals surface area contributed by atoms with Crippen LogP contribution in [0.5, 0.6) is 0 Å². The van der Waals surface area contributed by atoms with E-state index in [1.165, 1.54) is 0 Å². The number of nitrogens with zero attached hydrogens (tertiary/aromatic N) is 1. The summed E-state index contributed by atoms with van der Waals surface area (Å²) in [4.78, 5) is 17.2. The summed E-state index contributed by atoms with van der Waals surface area (Å²) < 4.78 is 0.578. The van der Waals surface area contributed by atoms with Gasteiger partial charge in [-0.3, -0.25) is 9.69 Å². The van der Waals surface area contributed by atoms with Gasteiger partial charge in [0.15, 0.2) is 0 Å². The number of amides is 1. The summed E-state index contributed by atoms with van der Waals surface area (Å²) in [5.41, 5.74) is 2.42. The summed E-state index contributed by atoms with van der Waals surface area (Å²) in [6, 6.07) is 16.7. The zero-order valence-corrected chi connectivity index (χ0v) is 14.7. The fourth-order valence-corrected chi connectivity index (χ4v) is 3.92. The third-order valence-electron chi connectivity index (χ3n) is 4.24. The number of hydrogen-bond donors (Lipinski definition) is 1. The van der Waals surface area contributed by atoms with E-state index in [0.29, 0.717) is 15.4 Å². The molecule has 2 aromatic carbocycles. The number of benzene rings is 2. The molecule has 1 aliphatic heterocycles. The lowest BCUT2D eigenvalue weighted by Gasteiger charge is -2.44. The Morgan fingerprint density at radius 1 is 1.08 bits per heavy atom. The second-order valence-electron chi connectivity index (χ2n) is 5.65. The number of rotatable bonds is 2. The number of pyridine rings is 1. The molecule has 0 saturated carbocycles. The van der Waals surface area contributed by atoms with Crippen LogP contribution in [0, 0.1) is 4.64 Å². The number of hydrogen-bond acceptors (Lipinski definition) is 2. The number of carbonyl (C=O) groups is 1. The lowest BCUT2D eigenvalue weighted by molar-refractivity contribution is -0.123. The maximum absolute atomic E-state index is 12.4. The van der Waals surface area contributed by atoms with Crippen LogP contribution in [0.2, 0.25) is 5.02 Å². The number of anilines is 1. The van der Waals surface area contributed by atoms with E-state index in [2.05, 4.69) is 4.98 Å². The molecule has 1 fully saturated rings. The van der Waals surface area contributed by atoms with Gasteiger partial charge in [-0.2, -0.15) is 0 Å². The van der Waals surface area contributed by atoms with Crippen LogP contribution in [0.1, 0.15) is 11.6 Å². The van der Waals surface area contributed by atoms with E-state index in [1.807, 2.05) is 48.5 Å². The van der Waals surface area contributed by atoms with Crippen molar-refractivity contribution in [3.05, 3.63) is 69.8 Å². The Hall–Kier alpha value is -1.88. The molecule has 6 heteroatoms. The van der Waals surface area contributed by atoms with Crippen molar-refractivity contribution in [3.8, 4) is 0 Å². The smallest absolute Gasteiger partial charge is 0.248 e. The first-order valence-corrected chi connectivity index (χ1v) is 8.64. The van der Waals surface area contributed by atoms with Crippen molar-refractivity contribution in [3.63, 3.8) is 0 Å². The van der Waals surface area contributed by atoms with Crippen molar-refractivity contribution in [2.24, 2.45) is 0 Å². The van der Waals surface area contributed by atoms with E-state index in [9.17, 15) is 4.79 Å². The third kappa shape index (κ3) is 2.34. The van der Waals surface area contributed by atoms with Crippen molar-refractivity contribution in [2.45, 2.75) is 11.4 Å². The van der Waals surface area contributed by atoms with Crippen LogP contribution in [0.15, 0.2) is 54.6 Å². The molecule has 0 radical (unpaired) electrons. The standard InChI is InChI=1S/C18H12Cl2N2OS/c19-12-6-2-4-8-14(12)22-16(15(20)18(22)23)11-9-10-5-1-3-7-13(10)21-17(11)24/h1-9,15-16H,(H,21,24). The summed E-state index contributed by atoms with van der Waals surface area (Å²) in [5, 5.41) is 0.871. The Labute approximate surface area is 153 Å². The fraction of sp³-hybridized carbons (Fsp3) is 0.111. The average molecular weight is 375 g/mol. The van der Waals surface area contributed by atoms with Gasteiger partial charge in [0, 0.05) is 11.1 Å². The molecule has 1 saturated heterocycles. The predicted octanol–water partition coefficient (Wildman–Crippen LogP) is 5.25. The second-order valence-corrected chi connectivity index (χ2v) is 6.93. The van der Waals surface area contributed by atoms with Crippen LogP contribution >= 0.6 is 35.4 Å². The third-order valence-corrected chi connectivity index (χ3v) is 5.32. The van der Waals surface area contributed by atoms with Gasteiger partial charge in [0.25, 0.3) is 0 Å². The van der Waals surface area contributed by atoms with Crippen LogP contribution in [-0.4, -0.2) is 16.3 Å². The molecule has 3 aromatic rings. The number of para-hydroxylation sites is 2. The zero-order chi connectivity index (χ0) is 16.8. The first-order chi connectivity index (χ1) is 11.6. The van der Waals surface area contributed by atoms with Gasteiger partial charge in [0.05, 0.1) is 16.8 Å². The number of H-pyrrole nitrogens is 1. The van der Waals surface area contributed by atoms with Crippen LogP contribution < -0.4 is 4.90 Å². The lowest BCUT2D eigenvalue weighted by atomic mass is 9.92. The Balaban J connectivity index is 1.86. The SMILES string of the molecule is O=C1C(Cl)C(c2cc3ccccc3[nH]c2=S)N1c1ccccc1Cl. The Morgan fingerprint density at radius 3 is 2.58 bits per heavy atom. The summed E-state index contributed by atoms with van der Waals surface area (Å²) in [7, 11) is 0. The Morgan fingerprint density at radius 2 is 1.79 bits per heavy atom. The van der Waals surface area contributed by atoms with E-state index >= 15 is 0 Å². The van der Waals surface area contributed by atoms with E-state index in [1.54, 1.807) is 11.0 Å². The highest BCUT2D eigenvalue weighted by molar-refractivity contribution is 7.71. The minimum atomic E-state index is -0.655. The van der Waals surface area contributed by atoms with Gasteiger partial charge >= 0.3 is 0 Å². The molecule has 0 spiro atoms. The van der Waals surface area contributed by atoms with Crippen molar-refractivity contribution in [2.75, 3.05) is 4.90 Å². The number of nitrogens with one attached hydrogen (secondary N) is 1. The monoisotopic (exact) mass is 374 g/mol. The molecule has 3 nitrogen and oxygen atoms in total. The van der Waals surface area contributed by atoms with Gasteiger partial charge in [-0.15, -0.1) is 11.6 Å². The molecule has 0 bridgehead atoms. The quantitative estimate of drug-likeness (QED) is 0.378. The normalized spacial score (nSPS) is 20.2. The maximum atomic E-state index is 12.4. The predicted molar refractivity (Wildman–Crippen MR) is 100 cm³/mol. The fourth-order valence-electron chi connectivity index (χ4n) is 3.05. The number of alkyl halides is 1. The van der Waals surface area contributed by atoms with Gasteiger partial charge in [-0.25, -0.2) is 0 Å². The minimum absolute atomic E-state index is 0.169. The first-order valence-electron chi connectivity index (χ1n) is 7.41. The largest absolute Gasteiger partial charge is 0.346 e. The summed E-state index contributed by atoms with van der Waals surface area (Å²) in [5.74, 6) is -0.169. The van der Waals surface area contributed by atoms with E-state index in [0.717, 1.165) is 16.5 Å². The van der Waals surface area contributed by atoms with Crippen LogP contribution in [0.3, 0.4) is 0 Å². The molecule has 2 unspecified atom stereocenters. The highest BCUT2D eigenvalue weighted by atomic mass is 35.5. The molecule has 2 atom stereocenters. The van der Waals surface area contributed by atoms with Gasteiger partial charge in [-0.05, 0) is 29.7 Å². The highest BCUT2D eigenvalue weighted by Gasteiger charge is 2.49. The van der Waals surface area contributed by atoms with Crippen LogP contribution in [0.25, 0.3) is 10.9 Å². The molecule has 4 rings (SSSR count). The minimum Gasteiger partial charge on any atom is -0.346 e. The number of β-lactam (4-membered cyclic amide) rings is 1. The summed E-state index contributed by atoms with van der Waals surface area (Å²) in [6.07, 6.45) is 0. The van der Waals surface area contributed by atoms with E-state index in [-0.39, 0.29) is 11.9 Å². The Bertz CT molecular complexity index is 1020. The Kier molecular flexibility index (Phi) is 3.83. The molecule has 120 valence electrons.